The first-order chi connectivity index (χ1) is 19.1. The van der Waals surface area contributed by atoms with E-state index in [-0.39, 0.29) is 18.5 Å². The summed E-state index contributed by atoms with van der Waals surface area (Å²) in [5.41, 5.74) is 4.69. The maximum Gasteiger partial charge on any atom is 0.410 e. The zero-order chi connectivity index (χ0) is 28.4. The van der Waals surface area contributed by atoms with E-state index in [1.807, 2.05) is 74.3 Å². The first kappa shape index (κ1) is 28.2. The van der Waals surface area contributed by atoms with E-state index in [0.717, 1.165) is 40.7 Å². The van der Waals surface area contributed by atoms with Gasteiger partial charge in [0, 0.05) is 42.7 Å². The fourth-order valence-electron chi connectivity index (χ4n) is 4.96. The normalized spacial score (nSPS) is 15.7. The minimum Gasteiger partial charge on any atom is -0.444 e. The van der Waals surface area contributed by atoms with Crippen LogP contribution in [0.2, 0.25) is 10.0 Å². The van der Waals surface area contributed by atoms with E-state index in [1.165, 1.54) is 0 Å². The molecule has 1 fully saturated rings. The highest BCUT2D eigenvalue weighted by Gasteiger charge is 2.38. The molecular formula is C32H33Cl2N3O3. The van der Waals surface area contributed by atoms with E-state index in [0.29, 0.717) is 35.1 Å². The van der Waals surface area contributed by atoms with Gasteiger partial charge in [0.1, 0.15) is 5.60 Å². The Kier molecular flexibility index (Phi) is 8.20. The number of pyridine rings is 1. The number of carbonyl (C=O) groups excluding carboxylic acids is 2. The second kappa shape index (κ2) is 11.6. The number of halogens is 2. The van der Waals surface area contributed by atoms with E-state index < -0.39 is 11.7 Å². The number of hydrogen-bond acceptors (Lipinski definition) is 4. The smallest absolute Gasteiger partial charge is 0.410 e. The molecule has 208 valence electrons. The molecule has 1 aromatic heterocycles. The number of carbonyl (C=O) groups is 2. The number of hydrogen-bond donors (Lipinski definition) is 0. The Morgan fingerprint density at radius 3 is 2.45 bits per heavy atom. The number of rotatable bonds is 6. The Morgan fingerprint density at radius 2 is 1.75 bits per heavy atom. The average molecular weight is 579 g/mol. The summed E-state index contributed by atoms with van der Waals surface area (Å²) in [5.74, 6) is -0.0893. The van der Waals surface area contributed by atoms with Crippen molar-refractivity contribution in [2.75, 3.05) is 13.1 Å². The molecule has 2 amide bonds. The van der Waals surface area contributed by atoms with Crippen LogP contribution in [0, 0.1) is 0 Å². The van der Waals surface area contributed by atoms with Crippen LogP contribution in [0.3, 0.4) is 0 Å². The molecule has 1 saturated carbocycles. The van der Waals surface area contributed by atoms with Crippen molar-refractivity contribution in [3.8, 4) is 11.1 Å². The summed E-state index contributed by atoms with van der Waals surface area (Å²) in [5, 5.41) is 0.920. The largest absolute Gasteiger partial charge is 0.444 e. The maximum atomic E-state index is 14.4. The van der Waals surface area contributed by atoms with E-state index in [1.54, 1.807) is 17.2 Å². The van der Waals surface area contributed by atoms with E-state index >= 15 is 0 Å². The predicted molar refractivity (Wildman–Crippen MR) is 159 cm³/mol. The van der Waals surface area contributed by atoms with Crippen LogP contribution in [0.1, 0.15) is 51.2 Å². The van der Waals surface area contributed by atoms with Crippen LogP contribution in [0.5, 0.6) is 0 Å². The van der Waals surface area contributed by atoms with Crippen molar-refractivity contribution in [2.45, 2.75) is 58.2 Å². The third-order valence-electron chi connectivity index (χ3n) is 7.08. The van der Waals surface area contributed by atoms with Crippen LogP contribution in [-0.4, -0.2) is 51.5 Å². The second-order valence-electron chi connectivity index (χ2n) is 11.3. The maximum absolute atomic E-state index is 14.4. The van der Waals surface area contributed by atoms with Crippen molar-refractivity contribution in [3.63, 3.8) is 0 Å². The van der Waals surface area contributed by atoms with Gasteiger partial charge in [0.2, 0.25) is 0 Å². The number of benzene rings is 2. The Hall–Kier alpha value is -3.35. The third-order valence-corrected chi connectivity index (χ3v) is 7.94. The fourth-order valence-corrected chi connectivity index (χ4v) is 5.34. The number of aromatic nitrogens is 1. The third kappa shape index (κ3) is 6.51. The summed E-state index contributed by atoms with van der Waals surface area (Å²) in [6, 6.07) is 17.7. The van der Waals surface area contributed by atoms with Crippen molar-refractivity contribution in [1.29, 1.82) is 0 Å². The Bertz CT molecular complexity index is 1450. The minimum atomic E-state index is -0.632. The lowest BCUT2D eigenvalue weighted by Gasteiger charge is -2.34. The minimum absolute atomic E-state index is 0.0893. The van der Waals surface area contributed by atoms with E-state index in [4.69, 9.17) is 27.9 Å². The predicted octanol–water partition coefficient (Wildman–Crippen LogP) is 7.64. The van der Waals surface area contributed by atoms with Crippen LogP contribution in [0.25, 0.3) is 16.7 Å². The van der Waals surface area contributed by atoms with Crippen molar-refractivity contribution in [2.24, 2.45) is 0 Å². The summed E-state index contributed by atoms with van der Waals surface area (Å²) in [4.78, 5) is 35.2. The Labute approximate surface area is 245 Å². The molecule has 1 aliphatic carbocycles. The summed E-state index contributed by atoms with van der Waals surface area (Å²) in [6.07, 6.45) is 5.55. The monoisotopic (exact) mass is 577 g/mol. The van der Waals surface area contributed by atoms with Crippen LogP contribution in [0.4, 0.5) is 4.79 Å². The molecule has 3 aromatic rings. The molecule has 0 radical (unpaired) electrons. The quantitative estimate of drug-likeness (QED) is 0.302. The SMILES string of the molecule is CC(C)(C)OC(=O)N1CCC(c2cccc(-c3cccnc3)c2)=C(C(=O)N(Cc2cccc(Cl)c2Cl)C2CC2)C1. The average Bonchev–Trinajstić information content (AvgIpc) is 3.78. The summed E-state index contributed by atoms with van der Waals surface area (Å²) < 4.78 is 5.67. The second-order valence-corrected chi connectivity index (χ2v) is 12.1. The summed E-state index contributed by atoms with van der Waals surface area (Å²) in [7, 11) is 0. The lowest BCUT2D eigenvalue weighted by atomic mass is 9.90. The lowest BCUT2D eigenvalue weighted by molar-refractivity contribution is -0.128. The molecule has 2 aliphatic rings. The summed E-state index contributed by atoms with van der Waals surface area (Å²) in [6.45, 7) is 6.51. The molecular weight excluding hydrogens is 545 g/mol. The standard InChI is InChI=1S/C32H33Cl2N3O3/c1-32(2,3)40-31(39)36-16-14-26(22-8-4-7-21(17-22)23-10-6-15-35-18-23)27(20-36)30(38)37(25-12-13-25)19-24-9-5-11-28(33)29(24)34/h4-11,15,17-18,25H,12-14,16,19-20H2,1-3H3. The number of nitrogens with zero attached hydrogens (tertiary/aromatic N) is 3. The van der Waals surface area contributed by atoms with Gasteiger partial charge in [-0.1, -0.05) is 59.6 Å². The van der Waals surface area contributed by atoms with Gasteiger partial charge in [-0.15, -0.1) is 0 Å². The van der Waals surface area contributed by atoms with Crippen LogP contribution < -0.4 is 0 Å². The first-order valence-electron chi connectivity index (χ1n) is 13.6. The molecule has 8 heteroatoms. The molecule has 6 nitrogen and oxygen atoms in total. The molecule has 0 bridgehead atoms. The highest BCUT2D eigenvalue weighted by Crippen LogP contribution is 2.37. The van der Waals surface area contributed by atoms with E-state index in [9.17, 15) is 9.59 Å². The molecule has 1 aliphatic heterocycles. The Morgan fingerprint density at radius 1 is 1.02 bits per heavy atom. The molecule has 0 N–H and O–H groups in total. The van der Waals surface area contributed by atoms with Crippen LogP contribution in [-0.2, 0) is 16.1 Å². The van der Waals surface area contributed by atoms with Gasteiger partial charge in [0.15, 0.2) is 0 Å². The zero-order valence-electron chi connectivity index (χ0n) is 23.0. The van der Waals surface area contributed by atoms with Crippen LogP contribution in [0.15, 0.2) is 72.6 Å². The summed E-state index contributed by atoms with van der Waals surface area (Å²) >= 11 is 12.8. The highest BCUT2D eigenvalue weighted by atomic mass is 35.5. The molecule has 2 heterocycles. The van der Waals surface area contributed by atoms with Crippen LogP contribution >= 0.6 is 23.2 Å². The molecule has 0 unspecified atom stereocenters. The fraction of sp³-hybridized carbons (Fsp3) is 0.344. The molecule has 5 rings (SSSR count). The van der Waals surface area contributed by atoms with Gasteiger partial charge >= 0.3 is 6.09 Å². The van der Waals surface area contributed by atoms with E-state index in [2.05, 4.69) is 11.1 Å². The zero-order valence-corrected chi connectivity index (χ0v) is 24.5. The van der Waals surface area contributed by atoms with Crippen molar-refractivity contribution < 1.29 is 14.3 Å². The molecule has 2 aromatic carbocycles. The molecule has 0 spiro atoms. The lowest BCUT2D eigenvalue weighted by Crippen LogP contribution is -2.44. The van der Waals surface area contributed by atoms with Crippen molar-refractivity contribution >= 4 is 40.8 Å². The van der Waals surface area contributed by atoms with Gasteiger partial charge in [-0.05, 0) is 80.5 Å². The first-order valence-corrected chi connectivity index (χ1v) is 14.3. The number of ether oxygens (including phenoxy) is 1. The van der Waals surface area contributed by atoms with Crippen molar-refractivity contribution in [3.05, 3.63) is 93.7 Å². The van der Waals surface area contributed by atoms with Gasteiger partial charge < -0.3 is 14.5 Å². The van der Waals surface area contributed by atoms with Gasteiger partial charge in [0.25, 0.3) is 5.91 Å². The molecule has 0 saturated heterocycles. The number of amides is 2. The molecule has 40 heavy (non-hydrogen) atoms. The molecule has 0 atom stereocenters. The Balaban J connectivity index is 1.54. The van der Waals surface area contributed by atoms with Gasteiger partial charge in [-0.25, -0.2) is 4.79 Å². The van der Waals surface area contributed by atoms with Gasteiger partial charge in [-0.2, -0.15) is 0 Å². The van der Waals surface area contributed by atoms with Crippen molar-refractivity contribution in [1.82, 2.24) is 14.8 Å². The highest BCUT2D eigenvalue weighted by molar-refractivity contribution is 6.42. The van der Waals surface area contributed by atoms with Gasteiger partial charge in [-0.3, -0.25) is 9.78 Å². The topological polar surface area (TPSA) is 62.7 Å². The van der Waals surface area contributed by atoms with Gasteiger partial charge in [0.05, 0.1) is 16.6 Å².